The third-order valence-electron chi connectivity index (χ3n) is 6.01. The van der Waals surface area contributed by atoms with Crippen LogP contribution < -0.4 is 4.74 Å². The summed E-state index contributed by atoms with van der Waals surface area (Å²) in [4.78, 5) is 38.0. The molecular formula is C27H34N4O4. The zero-order valence-corrected chi connectivity index (χ0v) is 21.1. The maximum atomic E-state index is 13.4. The molecule has 0 saturated heterocycles. The van der Waals surface area contributed by atoms with Crippen LogP contribution in [0.15, 0.2) is 36.8 Å². The van der Waals surface area contributed by atoms with E-state index in [1.807, 2.05) is 39.8 Å². The van der Waals surface area contributed by atoms with Gasteiger partial charge >= 0.3 is 0 Å². The number of likely N-dealkylation sites (N-methyl/N-ethyl adjacent to an activating group) is 1. The smallest absolute Gasteiger partial charge is 0.259 e. The van der Waals surface area contributed by atoms with E-state index in [9.17, 15) is 14.7 Å². The number of nitrogens with zero attached hydrogens (tertiary/aromatic N) is 4. The highest BCUT2D eigenvalue weighted by Gasteiger charge is 2.34. The molecule has 2 aromatic rings. The average molecular weight is 479 g/mol. The lowest BCUT2D eigenvalue weighted by Crippen LogP contribution is -2.50. The standard InChI is InChI=1S/C27H34N4O4/c1-18(2)6-7-22-12-23-26(29-14-22)35-24(19(3)15-31(27(23)34)20(4)17-32)16-30(5)25(33)13-21-8-10-28-11-9-21/h8-12,14,18-20,24,32H,13,15-17H2,1-5H3/t19-,20+,24+/m0/s1. The first-order valence-electron chi connectivity index (χ1n) is 11.9. The molecule has 35 heavy (non-hydrogen) atoms. The molecule has 0 saturated carbocycles. The fourth-order valence-corrected chi connectivity index (χ4v) is 3.80. The summed E-state index contributed by atoms with van der Waals surface area (Å²) in [6, 6.07) is 4.96. The van der Waals surface area contributed by atoms with E-state index < -0.39 is 6.10 Å². The third-order valence-corrected chi connectivity index (χ3v) is 6.01. The number of aromatic nitrogens is 2. The zero-order valence-electron chi connectivity index (χ0n) is 21.1. The molecule has 3 atom stereocenters. The summed E-state index contributed by atoms with van der Waals surface area (Å²) >= 11 is 0. The van der Waals surface area contributed by atoms with Crippen LogP contribution in [0.2, 0.25) is 0 Å². The number of pyridine rings is 2. The number of rotatable bonds is 6. The van der Waals surface area contributed by atoms with Crippen LogP contribution in [0.1, 0.15) is 49.2 Å². The van der Waals surface area contributed by atoms with Gasteiger partial charge in [-0.05, 0) is 30.7 Å². The Bertz CT molecular complexity index is 1090. The fourth-order valence-electron chi connectivity index (χ4n) is 3.80. The van der Waals surface area contributed by atoms with Gasteiger partial charge in [0.05, 0.1) is 25.6 Å². The molecule has 0 radical (unpaired) electrons. The summed E-state index contributed by atoms with van der Waals surface area (Å²) in [5.74, 6) is 6.13. The minimum Gasteiger partial charge on any atom is -0.472 e. The molecule has 1 N–H and O–H groups in total. The Labute approximate surface area is 207 Å². The predicted octanol–water partition coefficient (Wildman–Crippen LogP) is 2.41. The van der Waals surface area contributed by atoms with Crippen LogP contribution in [0.5, 0.6) is 5.88 Å². The van der Waals surface area contributed by atoms with E-state index in [1.165, 1.54) is 0 Å². The summed E-state index contributed by atoms with van der Waals surface area (Å²) in [5, 5.41) is 9.80. The Balaban J connectivity index is 1.89. The number of hydrogen-bond donors (Lipinski definition) is 1. The minimum atomic E-state index is -0.401. The van der Waals surface area contributed by atoms with E-state index in [2.05, 4.69) is 21.8 Å². The number of aliphatic hydroxyl groups excluding tert-OH is 1. The normalized spacial score (nSPS) is 18.5. The molecule has 8 heteroatoms. The number of hydrogen-bond acceptors (Lipinski definition) is 6. The lowest BCUT2D eigenvalue weighted by atomic mass is 9.99. The highest BCUT2D eigenvalue weighted by atomic mass is 16.5. The van der Waals surface area contributed by atoms with Gasteiger partial charge in [0, 0.05) is 49.6 Å². The van der Waals surface area contributed by atoms with Gasteiger partial charge < -0.3 is 19.6 Å². The second-order valence-electron chi connectivity index (χ2n) is 9.43. The van der Waals surface area contributed by atoms with Crippen LogP contribution in [0.3, 0.4) is 0 Å². The monoisotopic (exact) mass is 478 g/mol. The lowest BCUT2D eigenvalue weighted by molar-refractivity contribution is -0.130. The molecule has 8 nitrogen and oxygen atoms in total. The van der Waals surface area contributed by atoms with Crippen molar-refractivity contribution < 1.29 is 19.4 Å². The van der Waals surface area contributed by atoms with Gasteiger partial charge in [0.2, 0.25) is 11.8 Å². The number of carbonyl (C=O) groups is 2. The van der Waals surface area contributed by atoms with Gasteiger partial charge in [-0.25, -0.2) is 4.98 Å². The number of amides is 2. The second-order valence-corrected chi connectivity index (χ2v) is 9.43. The molecule has 0 unspecified atom stereocenters. The molecule has 2 aromatic heterocycles. The van der Waals surface area contributed by atoms with Crippen LogP contribution in [0, 0.1) is 23.7 Å². The summed E-state index contributed by atoms with van der Waals surface area (Å²) in [6.45, 7) is 8.31. The quantitative estimate of drug-likeness (QED) is 0.641. The number of ether oxygens (including phenoxy) is 1. The molecular weight excluding hydrogens is 444 g/mol. The van der Waals surface area contributed by atoms with Crippen LogP contribution >= 0.6 is 0 Å². The highest BCUT2D eigenvalue weighted by Crippen LogP contribution is 2.27. The topological polar surface area (TPSA) is 95.9 Å². The van der Waals surface area contributed by atoms with Crippen LogP contribution in [-0.2, 0) is 11.2 Å². The van der Waals surface area contributed by atoms with Crippen molar-refractivity contribution in [1.82, 2.24) is 19.8 Å². The number of carbonyl (C=O) groups excluding carboxylic acids is 2. The summed E-state index contributed by atoms with van der Waals surface area (Å²) < 4.78 is 6.26. The Hall–Kier alpha value is -3.44. The summed E-state index contributed by atoms with van der Waals surface area (Å²) in [5.41, 5.74) is 1.82. The van der Waals surface area contributed by atoms with E-state index in [0.717, 1.165) is 5.56 Å². The van der Waals surface area contributed by atoms with Crippen molar-refractivity contribution in [2.24, 2.45) is 11.8 Å². The summed E-state index contributed by atoms with van der Waals surface area (Å²) in [6.07, 6.45) is 4.79. The van der Waals surface area contributed by atoms with Gasteiger partial charge in [0.15, 0.2) is 0 Å². The van der Waals surface area contributed by atoms with E-state index >= 15 is 0 Å². The van der Waals surface area contributed by atoms with Gasteiger partial charge in [0.1, 0.15) is 11.7 Å². The predicted molar refractivity (Wildman–Crippen MR) is 133 cm³/mol. The zero-order chi connectivity index (χ0) is 25.5. The van der Waals surface area contributed by atoms with Gasteiger partial charge in [-0.1, -0.05) is 32.6 Å². The highest BCUT2D eigenvalue weighted by molar-refractivity contribution is 5.97. The molecule has 0 spiro atoms. The van der Waals surface area contributed by atoms with Crippen LogP contribution in [0.25, 0.3) is 0 Å². The molecule has 186 valence electrons. The molecule has 0 aromatic carbocycles. The molecule has 0 bridgehead atoms. The number of fused-ring (bicyclic) bond motifs is 1. The Morgan fingerprint density at radius 2 is 2.03 bits per heavy atom. The Morgan fingerprint density at radius 1 is 1.31 bits per heavy atom. The molecule has 3 heterocycles. The van der Waals surface area contributed by atoms with Crippen LogP contribution in [-0.4, -0.2) is 75.6 Å². The average Bonchev–Trinajstić information content (AvgIpc) is 2.84. The lowest BCUT2D eigenvalue weighted by Gasteiger charge is -2.37. The Morgan fingerprint density at radius 3 is 2.69 bits per heavy atom. The van der Waals surface area contributed by atoms with Crippen molar-refractivity contribution in [3.05, 3.63) is 53.5 Å². The van der Waals surface area contributed by atoms with Crippen LogP contribution in [0.4, 0.5) is 0 Å². The minimum absolute atomic E-state index is 0.0433. The first-order chi connectivity index (χ1) is 16.7. The first kappa shape index (κ1) is 26.2. The molecule has 0 fully saturated rings. The van der Waals surface area contributed by atoms with E-state index in [-0.39, 0.29) is 48.6 Å². The largest absolute Gasteiger partial charge is 0.472 e. The van der Waals surface area contributed by atoms with Gasteiger partial charge in [-0.3, -0.25) is 14.6 Å². The number of aliphatic hydroxyl groups is 1. The molecule has 3 rings (SSSR count). The van der Waals surface area contributed by atoms with Gasteiger partial charge in [0.25, 0.3) is 5.91 Å². The first-order valence-corrected chi connectivity index (χ1v) is 11.9. The van der Waals surface area contributed by atoms with E-state index in [4.69, 9.17) is 4.74 Å². The van der Waals surface area contributed by atoms with Crippen molar-refractivity contribution in [1.29, 1.82) is 0 Å². The SMILES string of the molecule is CC(C)C#Cc1cnc2c(c1)C(=O)N([C@H](C)CO)C[C@H](C)[C@@H](CN(C)C(=O)Cc1ccncc1)O2. The van der Waals surface area contributed by atoms with Gasteiger partial charge in [-0.15, -0.1) is 0 Å². The van der Waals surface area contributed by atoms with Crippen molar-refractivity contribution in [3.8, 4) is 17.7 Å². The van der Waals surface area contributed by atoms with Crippen molar-refractivity contribution >= 4 is 11.8 Å². The molecule has 2 amide bonds. The van der Waals surface area contributed by atoms with E-state index in [0.29, 0.717) is 24.2 Å². The maximum absolute atomic E-state index is 13.4. The van der Waals surface area contributed by atoms with Crippen molar-refractivity contribution in [3.63, 3.8) is 0 Å². The molecule has 1 aliphatic heterocycles. The third kappa shape index (κ3) is 6.80. The second kappa shape index (κ2) is 11.8. The maximum Gasteiger partial charge on any atom is 0.259 e. The van der Waals surface area contributed by atoms with Gasteiger partial charge in [-0.2, -0.15) is 0 Å². The molecule has 0 aliphatic carbocycles. The van der Waals surface area contributed by atoms with Crippen molar-refractivity contribution in [2.75, 3.05) is 26.7 Å². The van der Waals surface area contributed by atoms with Crippen molar-refractivity contribution in [2.45, 2.75) is 46.3 Å². The summed E-state index contributed by atoms with van der Waals surface area (Å²) in [7, 11) is 1.75. The van der Waals surface area contributed by atoms with E-state index in [1.54, 1.807) is 41.5 Å². The Kier molecular flexibility index (Phi) is 8.83. The molecule has 1 aliphatic rings. The fraction of sp³-hybridized carbons (Fsp3) is 0.481.